The molecule has 0 fully saturated rings. The second-order valence-electron chi connectivity index (χ2n) is 5.52. The highest BCUT2D eigenvalue weighted by Crippen LogP contribution is 2.22. The second-order valence-corrected chi connectivity index (χ2v) is 6.53. The van der Waals surface area contributed by atoms with E-state index in [1.807, 2.05) is 6.07 Å². The van der Waals surface area contributed by atoms with E-state index in [1.54, 1.807) is 30.3 Å². The van der Waals surface area contributed by atoms with E-state index >= 15 is 0 Å². The maximum absolute atomic E-state index is 12.8. The number of carbonyl (C=O) groups is 2. The molecule has 0 atom stereocenters. The summed E-state index contributed by atoms with van der Waals surface area (Å²) in [7, 11) is 0. The number of benzene rings is 2. The van der Waals surface area contributed by atoms with E-state index in [9.17, 15) is 14.0 Å². The van der Waals surface area contributed by atoms with Crippen molar-refractivity contribution in [2.45, 2.75) is 17.7 Å². The topological polar surface area (TPSA) is 81.4 Å². The summed E-state index contributed by atoms with van der Waals surface area (Å²) in [6.45, 7) is 1.01. The summed E-state index contributed by atoms with van der Waals surface area (Å²) in [5, 5.41) is 2.86. The number of thioether (sulfide) groups is 1. The van der Waals surface area contributed by atoms with Crippen LogP contribution in [0.4, 0.5) is 4.39 Å². The number of rotatable bonds is 10. The van der Waals surface area contributed by atoms with Crippen molar-refractivity contribution in [3.05, 3.63) is 59.9 Å². The smallest absolute Gasteiger partial charge is 0.252 e. The third-order valence-corrected chi connectivity index (χ3v) is 4.54. The van der Waals surface area contributed by atoms with Crippen LogP contribution in [0, 0.1) is 5.82 Å². The number of primary amides is 1. The summed E-state index contributed by atoms with van der Waals surface area (Å²) in [5.41, 5.74) is 5.68. The number of nitrogens with one attached hydrogen (secondary N) is 1. The highest BCUT2D eigenvalue weighted by atomic mass is 32.2. The molecule has 3 N–H and O–H groups in total. The molecule has 2 amide bonds. The molecule has 0 aliphatic carbocycles. The Labute approximate surface area is 156 Å². The van der Waals surface area contributed by atoms with Gasteiger partial charge < -0.3 is 15.8 Å². The Morgan fingerprint density at radius 2 is 1.81 bits per heavy atom. The summed E-state index contributed by atoms with van der Waals surface area (Å²) in [6, 6.07) is 13.0. The van der Waals surface area contributed by atoms with E-state index in [2.05, 4.69) is 5.32 Å². The highest BCUT2D eigenvalue weighted by Gasteiger charge is 2.11. The van der Waals surface area contributed by atoms with E-state index < -0.39 is 5.91 Å². The van der Waals surface area contributed by atoms with Crippen molar-refractivity contribution in [3.63, 3.8) is 0 Å². The molecular weight excluding hydrogens is 355 g/mol. The van der Waals surface area contributed by atoms with Crippen molar-refractivity contribution in [2.24, 2.45) is 5.73 Å². The van der Waals surface area contributed by atoms with Gasteiger partial charge in [0.15, 0.2) is 0 Å². The molecular formula is C19H21FN2O3S. The molecule has 0 spiro atoms. The largest absolute Gasteiger partial charge is 0.494 e. The van der Waals surface area contributed by atoms with Gasteiger partial charge in [-0.3, -0.25) is 9.59 Å². The molecule has 2 aromatic rings. The fraction of sp³-hybridized carbons (Fsp3) is 0.263. The third kappa shape index (κ3) is 6.76. The van der Waals surface area contributed by atoms with Crippen LogP contribution in [0.25, 0.3) is 0 Å². The number of hydrogen-bond donors (Lipinski definition) is 2. The van der Waals surface area contributed by atoms with Gasteiger partial charge in [-0.15, -0.1) is 11.8 Å². The Morgan fingerprint density at radius 1 is 1.08 bits per heavy atom. The zero-order chi connectivity index (χ0) is 18.8. The molecule has 2 aromatic carbocycles. The Balaban J connectivity index is 1.70. The number of nitrogens with two attached hydrogens (primary N) is 1. The number of amides is 2. The SMILES string of the molecule is NC(=O)CSc1ccccc1C(=O)NCCCCOc1ccc(F)cc1. The fourth-order valence-corrected chi connectivity index (χ4v) is 2.96. The van der Waals surface area contributed by atoms with Crippen LogP contribution in [-0.4, -0.2) is 30.7 Å². The van der Waals surface area contributed by atoms with E-state index in [0.29, 0.717) is 24.5 Å². The number of carbonyl (C=O) groups excluding carboxylic acids is 2. The van der Waals surface area contributed by atoms with Crippen LogP contribution in [0.15, 0.2) is 53.4 Å². The Kier molecular flexibility index (Phi) is 7.95. The first kappa shape index (κ1) is 19.8. The molecule has 0 saturated heterocycles. The molecule has 7 heteroatoms. The zero-order valence-corrected chi connectivity index (χ0v) is 15.1. The van der Waals surface area contributed by atoms with Gasteiger partial charge in [0, 0.05) is 11.4 Å². The minimum Gasteiger partial charge on any atom is -0.494 e. The molecule has 0 aliphatic rings. The Hall–Kier alpha value is -2.54. The zero-order valence-electron chi connectivity index (χ0n) is 14.2. The number of halogens is 1. The highest BCUT2D eigenvalue weighted by molar-refractivity contribution is 8.00. The molecule has 0 aromatic heterocycles. The van der Waals surface area contributed by atoms with Crippen molar-refractivity contribution in [1.82, 2.24) is 5.32 Å². The predicted octanol–water partition coefficient (Wildman–Crippen LogP) is 2.99. The summed E-state index contributed by atoms with van der Waals surface area (Å²) in [5.74, 6) is -0.154. The van der Waals surface area contributed by atoms with Gasteiger partial charge in [0.25, 0.3) is 5.91 Å². The molecule has 5 nitrogen and oxygen atoms in total. The lowest BCUT2D eigenvalue weighted by Crippen LogP contribution is -2.25. The molecule has 2 rings (SSSR count). The average Bonchev–Trinajstić information content (AvgIpc) is 2.64. The van der Waals surface area contributed by atoms with Gasteiger partial charge in [-0.25, -0.2) is 4.39 Å². The molecule has 0 saturated carbocycles. The van der Waals surface area contributed by atoms with Gasteiger partial charge in [-0.2, -0.15) is 0 Å². The molecule has 26 heavy (non-hydrogen) atoms. The van der Waals surface area contributed by atoms with E-state index in [-0.39, 0.29) is 17.5 Å². The predicted molar refractivity (Wildman–Crippen MR) is 99.8 cm³/mol. The van der Waals surface area contributed by atoms with Gasteiger partial charge >= 0.3 is 0 Å². The van der Waals surface area contributed by atoms with Crippen molar-refractivity contribution in [3.8, 4) is 5.75 Å². The van der Waals surface area contributed by atoms with Gasteiger partial charge in [0.1, 0.15) is 11.6 Å². The first-order valence-electron chi connectivity index (χ1n) is 8.23. The molecule has 138 valence electrons. The summed E-state index contributed by atoms with van der Waals surface area (Å²) < 4.78 is 18.3. The van der Waals surface area contributed by atoms with Gasteiger partial charge in [-0.1, -0.05) is 12.1 Å². The monoisotopic (exact) mass is 376 g/mol. The number of unbranched alkanes of at least 4 members (excludes halogenated alkanes) is 1. The van der Waals surface area contributed by atoms with Crippen LogP contribution >= 0.6 is 11.8 Å². The Morgan fingerprint density at radius 3 is 2.54 bits per heavy atom. The van der Waals surface area contributed by atoms with E-state index in [1.165, 1.54) is 23.9 Å². The lowest BCUT2D eigenvalue weighted by atomic mass is 10.2. The van der Waals surface area contributed by atoms with Crippen LogP contribution in [0.5, 0.6) is 5.75 Å². The van der Waals surface area contributed by atoms with Crippen LogP contribution in [-0.2, 0) is 4.79 Å². The van der Waals surface area contributed by atoms with Crippen molar-refractivity contribution >= 4 is 23.6 Å². The van der Waals surface area contributed by atoms with Crippen LogP contribution in [0.1, 0.15) is 23.2 Å². The number of hydrogen-bond acceptors (Lipinski definition) is 4. The lowest BCUT2D eigenvalue weighted by molar-refractivity contribution is -0.115. The summed E-state index contributed by atoms with van der Waals surface area (Å²) >= 11 is 1.25. The average molecular weight is 376 g/mol. The normalized spacial score (nSPS) is 10.3. The molecule has 0 bridgehead atoms. The molecule has 0 radical (unpaired) electrons. The second kappa shape index (κ2) is 10.5. The van der Waals surface area contributed by atoms with E-state index in [4.69, 9.17) is 10.5 Å². The fourth-order valence-electron chi connectivity index (χ4n) is 2.17. The first-order valence-corrected chi connectivity index (χ1v) is 9.21. The minimum atomic E-state index is -0.425. The maximum atomic E-state index is 12.8. The third-order valence-electron chi connectivity index (χ3n) is 3.44. The standard InChI is InChI=1S/C19H21FN2O3S/c20-14-7-9-15(10-8-14)25-12-4-3-11-22-19(24)16-5-1-2-6-17(16)26-13-18(21)23/h1-2,5-10H,3-4,11-13H2,(H2,21,23)(H,22,24). The van der Waals surface area contributed by atoms with Crippen molar-refractivity contribution in [1.29, 1.82) is 0 Å². The van der Waals surface area contributed by atoms with Crippen molar-refractivity contribution in [2.75, 3.05) is 18.9 Å². The van der Waals surface area contributed by atoms with Gasteiger partial charge in [0.2, 0.25) is 5.91 Å². The quantitative estimate of drug-likeness (QED) is 0.493. The molecule has 0 unspecified atom stereocenters. The Bertz CT molecular complexity index is 738. The van der Waals surface area contributed by atoms with Crippen LogP contribution < -0.4 is 15.8 Å². The molecule has 0 aliphatic heterocycles. The lowest BCUT2D eigenvalue weighted by Gasteiger charge is -2.10. The summed E-state index contributed by atoms with van der Waals surface area (Å²) in [4.78, 5) is 23.9. The van der Waals surface area contributed by atoms with Crippen LogP contribution in [0.3, 0.4) is 0 Å². The van der Waals surface area contributed by atoms with Crippen molar-refractivity contribution < 1.29 is 18.7 Å². The summed E-state index contributed by atoms with van der Waals surface area (Å²) in [6.07, 6.45) is 1.51. The maximum Gasteiger partial charge on any atom is 0.252 e. The van der Waals surface area contributed by atoms with E-state index in [0.717, 1.165) is 17.7 Å². The van der Waals surface area contributed by atoms with Gasteiger partial charge in [0.05, 0.1) is 17.9 Å². The first-order chi connectivity index (χ1) is 12.6. The minimum absolute atomic E-state index is 0.130. The van der Waals surface area contributed by atoms with Gasteiger partial charge in [-0.05, 0) is 49.2 Å². The molecule has 0 heterocycles. The number of ether oxygens (including phenoxy) is 1. The van der Waals surface area contributed by atoms with Crippen LogP contribution in [0.2, 0.25) is 0 Å².